The van der Waals surface area contributed by atoms with Crippen molar-refractivity contribution in [1.29, 1.82) is 0 Å². The predicted octanol–water partition coefficient (Wildman–Crippen LogP) is 2.33. The van der Waals surface area contributed by atoms with E-state index in [1.807, 2.05) is 0 Å². The molecule has 3 rings (SSSR count). The third-order valence-corrected chi connectivity index (χ3v) is 4.57. The molecule has 110 valence electrons. The van der Waals surface area contributed by atoms with Crippen LogP contribution in [0.25, 0.3) is 10.2 Å². The lowest BCUT2D eigenvalue weighted by atomic mass is 10.1. The highest BCUT2D eigenvalue weighted by Gasteiger charge is 2.29. The van der Waals surface area contributed by atoms with Crippen LogP contribution in [0.3, 0.4) is 0 Å². The van der Waals surface area contributed by atoms with Crippen molar-refractivity contribution in [1.82, 2.24) is 4.98 Å². The van der Waals surface area contributed by atoms with E-state index in [-0.39, 0.29) is 10.6 Å². The summed E-state index contributed by atoms with van der Waals surface area (Å²) in [6.45, 7) is 0. The van der Waals surface area contributed by atoms with Crippen molar-refractivity contribution in [3.05, 3.63) is 22.2 Å². The van der Waals surface area contributed by atoms with Crippen LogP contribution in [0.2, 0.25) is 0 Å². The molecule has 0 atom stereocenters. The summed E-state index contributed by atoms with van der Waals surface area (Å²) in [5.41, 5.74) is 7.43. The number of thiophene rings is 1. The zero-order chi connectivity index (χ0) is 15.1. The Morgan fingerprint density at radius 1 is 1.29 bits per heavy atom. The van der Waals surface area contributed by atoms with Crippen molar-refractivity contribution in [2.45, 2.75) is 18.8 Å². The molecule has 0 aromatic carbocycles. The van der Waals surface area contributed by atoms with Crippen LogP contribution >= 0.6 is 11.3 Å². The van der Waals surface area contributed by atoms with E-state index in [4.69, 9.17) is 15.2 Å². The van der Waals surface area contributed by atoms with Crippen molar-refractivity contribution in [2.75, 3.05) is 20.0 Å². The van der Waals surface area contributed by atoms with Crippen LogP contribution in [0.15, 0.2) is 6.07 Å². The number of nitrogens with zero attached hydrogens (tertiary/aromatic N) is 1. The second-order valence-electron chi connectivity index (χ2n) is 4.88. The van der Waals surface area contributed by atoms with Gasteiger partial charge >= 0.3 is 11.9 Å². The standard InChI is InChI=1S/C14H14N2O4S/c1-19-13(17)7-5-8(6-3-4-6)16-12-9(7)10(15)11(21-12)14(18)20-2/h5-6H,3-4,15H2,1-2H3. The Balaban J connectivity index is 2.27. The number of methoxy groups -OCH3 is 2. The number of carbonyl (C=O) groups excluding carboxylic acids is 2. The number of nitrogens with two attached hydrogens (primary N) is 1. The summed E-state index contributed by atoms with van der Waals surface area (Å²) in [7, 11) is 2.60. The Hall–Kier alpha value is -2.15. The van der Waals surface area contributed by atoms with Gasteiger partial charge < -0.3 is 15.2 Å². The molecule has 2 aromatic rings. The lowest BCUT2D eigenvalue weighted by Crippen LogP contribution is -2.06. The molecule has 21 heavy (non-hydrogen) atoms. The summed E-state index contributed by atoms with van der Waals surface area (Å²) in [6.07, 6.45) is 2.12. The first-order chi connectivity index (χ1) is 10.1. The van der Waals surface area contributed by atoms with Gasteiger partial charge in [-0.2, -0.15) is 0 Å². The van der Waals surface area contributed by atoms with Gasteiger partial charge in [-0.3, -0.25) is 0 Å². The van der Waals surface area contributed by atoms with Crippen LogP contribution in [0, 0.1) is 0 Å². The molecule has 6 nitrogen and oxygen atoms in total. The molecule has 0 spiro atoms. The van der Waals surface area contributed by atoms with E-state index < -0.39 is 11.9 Å². The molecule has 7 heteroatoms. The van der Waals surface area contributed by atoms with E-state index in [1.165, 1.54) is 14.2 Å². The molecule has 2 N–H and O–H groups in total. The van der Waals surface area contributed by atoms with Crippen molar-refractivity contribution in [2.24, 2.45) is 0 Å². The fraction of sp³-hybridized carbons (Fsp3) is 0.357. The van der Waals surface area contributed by atoms with E-state index in [9.17, 15) is 9.59 Å². The van der Waals surface area contributed by atoms with Crippen molar-refractivity contribution in [3.63, 3.8) is 0 Å². The molecule has 0 bridgehead atoms. The van der Waals surface area contributed by atoms with E-state index >= 15 is 0 Å². The minimum Gasteiger partial charge on any atom is -0.465 e. The number of esters is 2. The number of fused-ring (bicyclic) bond motifs is 1. The Morgan fingerprint density at radius 2 is 1.95 bits per heavy atom. The lowest BCUT2D eigenvalue weighted by Gasteiger charge is -2.05. The summed E-state index contributed by atoms with van der Waals surface area (Å²) in [4.78, 5) is 29.1. The van der Waals surface area contributed by atoms with Gasteiger partial charge in [0.25, 0.3) is 0 Å². The van der Waals surface area contributed by atoms with Gasteiger partial charge in [-0.05, 0) is 18.9 Å². The van der Waals surface area contributed by atoms with E-state index in [1.54, 1.807) is 6.07 Å². The number of carbonyl (C=O) groups is 2. The molecule has 0 aliphatic heterocycles. The monoisotopic (exact) mass is 306 g/mol. The van der Waals surface area contributed by atoms with Crippen molar-refractivity contribution in [3.8, 4) is 0 Å². The maximum absolute atomic E-state index is 12.0. The molecule has 0 saturated heterocycles. The molecular weight excluding hydrogens is 292 g/mol. The minimum absolute atomic E-state index is 0.220. The van der Waals surface area contributed by atoms with Crippen molar-refractivity contribution >= 4 is 39.2 Å². The first-order valence-electron chi connectivity index (χ1n) is 6.46. The van der Waals surface area contributed by atoms with Gasteiger partial charge in [0.2, 0.25) is 0 Å². The van der Waals surface area contributed by atoms with Gasteiger partial charge in [0.15, 0.2) is 0 Å². The molecule has 0 amide bonds. The molecule has 0 radical (unpaired) electrons. The number of ether oxygens (including phenoxy) is 2. The molecule has 1 aliphatic rings. The number of rotatable bonds is 3. The lowest BCUT2D eigenvalue weighted by molar-refractivity contribution is 0.0594. The third kappa shape index (κ3) is 2.23. The second-order valence-corrected chi connectivity index (χ2v) is 5.88. The number of pyridine rings is 1. The Bertz CT molecular complexity index is 749. The number of anilines is 1. The van der Waals surface area contributed by atoms with E-state index in [0.29, 0.717) is 21.7 Å². The molecule has 0 unspecified atom stereocenters. The van der Waals surface area contributed by atoms with E-state index in [2.05, 4.69) is 4.98 Å². The van der Waals surface area contributed by atoms with Crippen LogP contribution < -0.4 is 5.73 Å². The highest BCUT2D eigenvalue weighted by atomic mass is 32.1. The fourth-order valence-corrected chi connectivity index (χ4v) is 3.29. The zero-order valence-electron chi connectivity index (χ0n) is 11.6. The average Bonchev–Trinajstić information content (AvgIpc) is 3.29. The molecule has 2 heterocycles. The molecule has 1 saturated carbocycles. The maximum Gasteiger partial charge on any atom is 0.350 e. The van der Waals surface area contributed by atoms with Crippen LogP contribution in [0.1, 0.15) is 44.5 Å². The summed E-state index contributed by atoms with van der Waals surface area (Å²) in [6, 6.07) is 1.72. The third-order valence-electron chi connectivity index (χ3n) is 3.49. The Kier molecular flexibility index (Phi) is 3.29. The molecule has 1 fully saturated rings. The molecule has 2 aromatic heterocycles. The van der Waals surface area contributed by atoms with Crippen LogP contribution in [0.4, 0.5) is 5.69 Å². The number of hydrogen-bond acceptors (Lipinski definition) is 7. The fourth-order valence-electron chi connectivity index (χ4n) is 2.24. The first-order valence-corrected chi connectivity index (χ1v) is 7.28. The largest absolute Gasteiger partial charge is 0.465 e. The highest BCUT2D eigenvalue weighted by molar-refractivity contribution is 7.21. The molecular formula is C14H14N2O4S. The average molecular weight is 306 g/mol. The quantitative estimate of drug-likeness (QED) is 0.875. The Labute approximate surface area is 124 Å². The number of nitrogen functional groups attached to an aromatic ring is 1. The predicted molar refractivity (Wildman–Crippen MR) is 78.7 cm³/mol. The van der Waals surface area contributed by atoms with Crippen LogP contribution in [-0.2, 0) is 9.47 Å². The smallest absolute Gasteiger partial charge is 0.350 e. The van der Waals surface area contributed by atoms with Gasteiger partial charge in [-0.1, -0.05) is 0 Å². The topological polar surface area (TPSA) is 91.5 Å². The Morgan fingerprint density at radius 3 is 2.52 bits per heavy atom. The summed E-state index contributed by atoms with van der Waals surface area (Å²) in [5.74, 6) is -0.632. The number of aromatic nitrogens is 1. The normalized spacial score (nSPS) is 14.2. The summed E-state index contributed by atoms with van der Waals surface area (Å²) >= 11 is 1.14. The van der Waals surface area contributed by atoms with Gasteiger partial charge in [0.1, 0.15) is 9.71 Å². The maximum atomic E-state index is 12.0. The summed E-state index contributed by atoms with van der Waals surface area (Å²) in [5, 5.41) is 0.469. The van der Waals surface area contributed by atoms with Gasteiger partial charge in [0, 0.05) is 17.0 Å². The van der Waals surface area contributed by atoms with Crippen LogP contribution in [-0.4, -0.2) is 31.1 Å². The van der Waals surface area contributed by atoms with E-state index in [0.717, 1.165) is 29.9 Å². The first kappa shape index (κ1) is 13.8. The molecule has 1 aliphatic carbocycles. The minimum atomic E-state index is -0.528. The second kappa shape index (κ2) is 5.00. The van der Waals surface area contributed by atoms with Gasteiger partial charge in [-0.25, -0.2) is 14.6 Å². The summed E-state index contributed by atoms with van der Waals surface area (Å²) < 4.78 is 9.53. The van der Waals surface area contributed by atoms with Crippen LogP contribution in [0.5, 0.6) is 0 Å². The highest BCUT2D eigenvalue weighted by Crippen LogP contribution is 2.43. The van der Waals surface area contributed by atoms with Gasteiger partial charge in [-0.15, -0.1) is 11.3 Å². The van der Waals surface area contributed by atoms with Crippen molar-refractivity contribution < 1.29 is 19.1 Å². The van der Waals surface area contributed by atoms with Gasteiger partial charge in [0.05, 0.1) is 25.5 Å². The SMILES string of the molecule is COC(=O)c1sc2nc(C3CC3)cc(C(=O)OC)c2c1N. The zero-order valence-corrected chi connectivity index (χ0v) is 12.5. The number of hydrogen-bond donors (Lipinski definition) is 1.